The van der Waals surface area contributed by atoms with E-state index in [1.54, 1.807) is 12.1 Å². The molecule has 0 aromatic heterocycles. The van der Waals surface area contributed by atoms with Crippen LogP contribution in [0, 0.1) is 0 Å². The first kappa shape index (κ1) is 32.6. The summed E-state index contributed by atoms with van der Waals surface area (Å²) in [5.41, 5.74) is -3.54. The molecule has 4 aromatic rings. The fraction of sp³-hybridized carbons (Fsp3) is 0.231. The number of hydrogen-bond donors (Lipinski definition) is 4. The van der Waals surface area contributed by atoms with E-state index in [-0.39, 0.29) is 10.8 Å². The second-order valence-corrected chi connectivity index (χ2v) is 8.91. The van der Waals surface area contributed by atoms with Gasteiger partial charge in [0, 0.05) is 33.3 Å². The smallest absolute Gasteiger partial charge is 0.398 e. The third-order valence-corrected chi connectivity index (χ3v) is 6.36. The quantitative estimate of drug-likeness (QED) is 0.139. The number of alkyl halides is 12. The topological polar surface area (TPSA) is 92.5 Å². The van der Waals surface area contributed by atoms with Crippen molar-refractivity contribution in [2.45, 2.75) is 35.9 Å². The summed E-state index contributed by atoms with van der Waals surface area (Å²) in [4.78, 5) is 0. The minimum absolute atomic E-state index is 0.00178. The van der Waals surface area contributed by atoms with Crippen molar-refractivity contribution in [3.8, 4) is 0 Å². The van der Waals surface area contributed by atoms with Crippen LogP contribution in [0.1, 0.15) is 11.1 Å². The zero-order chi connectivity index (χ0) is 32.1. The molecular formula is C26H18F12N2O2. The zero-order valence-corrected chi connectivity index (χ0v) is 20.5. The molecule has 0 radical (unpaired) electrons. The Kier molecular flexibility index (Phi) is 8.08. The minimum atomic E-state index is -5.96. The van der Waals surface area contributed by atoms with Gasteiger partial charge in [0.1, 0.15) is 0 Å². The molecule has 0 heterocycles. The summed E-state index contributed by atoms with van der Waals surface area (Å²) in [5, 5.41) is 19.5. The Hall–Kier alpha value is -3.92. The van der Waals surface area contributed by atoms with Crippen LogP contribution in [0.25, 0.3) is 21.5 Å². The van der Waals surface area contributed by atoms with Crippen LogP contribution < -0.4 is 11.5 Å². The molecule has 228 valence electrons. The third kappa shape index (κ3) is 5.24. The van der Waals surface area contributed by atoms with E-state index in [9.17, 15) is 62.9 Å². The molecule has 0 unspecified atom stereocenters. The van der Waals surface area contributed by atoms with E-state index in [4.69, 9.17) is 11.5 Å². The summed E-state index contributed by atoms with van der Waals surface area (Å²) in [6.45, 7) is 0. The standard InChI is InChI=1S/2C13H9F6NO/c2*14-12(15,16)11(21,13(17,18)19)9-6-5-7-3-1-2-4-8(7)10(9)20/h2*1-6,21H,20H2. The second-order valence-electron chi connectivity index (χ2n) is 8.91. The molecule has 0 aliphatic rings. The van der Waals surface area contributed by atoms with Crippen molar-refractivity contribution in [3.05, 3.63) is 83.9 Å². The summed E-state index contributed by atoms with van der Waals surface area (Å²) >= 11 is 0. The number of hydrogen-bond acceptors (Lipinski definition) is 4. The van der Waals surface area contributed by atoms with Crippen molar-refractivity contribution in [2.75, 3.05) is 11.5 Å². The number of anilines is 2. The van der Waals surface area contributed by atoms with Gasteiger partial charge in [0.25, 0.3) is 11.2 Å². The SMILES string of the molecule is Nc1c(C(O)(C(F)(F)F)C(F)(F)F)ccc2ccccc12.Nc1c(C(O)(C(F)(F)F)C(F)(F)F)ccc2ccccc12. The van der Waals surface area contributed by atoms with Gasteiger partial charge in [-0.1, -0.05) is 72.8 Å². The van der Waals surface area contributed by atoms with Crippen LogP contribution in [0.2, 0.25) is 0 Å². The molecule has 0 fully saturated rings. The normalized spacial score (nSPS) is 13.7. The first-order valence-corrected chi connectivity index (χ1v) is 11.3. The highest BCUT2D eigenvalue weighted by atomic mass is 19.4. The average molecular weight is 618 g/mol. The van der Waals surface area contributed by atoms with E-state index in [1.807, 2.05) is 0 Å². The van der Waals surface area contributed by atoms with Crippen molar-refractivity contribution in [2.24, 2.45) is 0 Å². The highest BCUT2D eigenvalue weighted by Crippen LogP contribution is 2.53. The van der Waals surface area contributed by atoms with E-state index >= 15 is 0 Å². The lowest BCUT2D eigenvalue weighted by atomic mass is 9.88. The molecule has 0 amide bonds. The summed E-state index contributed by atoms with van der Waals surface area (Å²) < 4.78 is 154. The molecular weight excluding hydrogens is 600 g/mol. The van der Waals surface area contributed by atoms with Crippen molar-refractivity contribution in [1.82, 2.24) is 0 Å². The molecule has 6 N–H and O–H groups in total. The maximum absolute atomic E-state index is 12.8. The van der Waals surface area contributed by atoms with E-state index in [2.05, 4.69) is 0 Å². The Balaban J connectivity index is 0.000000230. The molecule has 16 heteroatoms. The largest absolute Gasteiger partial charge is 0.430 e. The lowest BCUT2D eigenvalue weighted by molar-refractivity contribution is -0.376. The highest BCUT2D eigenvalue weighted by molar-refractivity contribution is 5.95. The van der Waals surface area contributed by atoms with Gasteiger partial charge in [0.2, 0.25) is 0 Å². The van der Waals surface area contributed by atoms with Gasteiger partial charge in [-0.15, -0.1) is 0 Å². The monoisotopic (exact) mass is 618 g/mol. The Morgan fingerprint density at radius 1 is 0.405 bits per heavy atom. The summed E-state index contributed by atoms with van der Waals surface area (Å²) in [5.74, 6) is 0. The summed E-state index contributed by atoms with van der Waals surface area (Å²) in [6, 6.07) is 14.6. The van der Waals surface area contributed by atoms with E-state index < -0.39 is 58.4 Å². The van der Waals surface area contributed by atoms with E-state index in [1.165, 1.54) is 36.4 Å². The number of halogens is 12. The maximum atomic E-state index is 12.8. The highest BCUT2D eigenvalue weighted by Gasteiger charge is 2.73. The fourth-order valence-corrected chi connectivity index (χ4v) is 4.15. The van der Waals surface area contributed by atoms with Crippen LogP contribution in [0.15, 0.2) is 72.8 Å². The van der Waals surface area contributed by atoms with E-state index in [0.29, 0.717) is 22.9 Å². The van der Waals surface area contributed by atoms with Crippen molar-refractivity contribution < 1.29 is 62.9 Å². The molecule has 0 aliphatic carbocycles. The Morgan fingerprint density at radius 3 is 0.929 bits per heavy atom. The van der Waals surface area contributed by atoms with Crippen molar-refractivity contribution in [3.63, 3.8) is 0 Å². The number of nitrogens with two attached hydrogens (primary N) is 2. The summed E-state index contributed by atoms with van der Waals surface area (Å²) in [6.07, 6.45) is -23.8. The number of fused-ring (bicyclic) bond motifs is 2. The van der Waals surface area contributed by atoms with Crippen LogP contribution in [0.3, 0.4) is 0 Å². The average Bonchev–Trinajstić information content (AvgIpc) is 2.86. The number of aliphatic hydroxyl groups is 2. The van der Waals surface area contributed by atoms with Crippen LogP contribution in [0.4, 0.5) is 64.1 Å². The van der Waals surface area contributed by atoms with Gasteiger partial charge in [0.05, 0.1) is 0 Å². The van der Waals surface area contributed by atoms with Gasteiger partial charge in [-0.25, -0.2) is 0 Å². The molecule has 4 aromatic carbocycles. The molecule has 42 heavy (non-hydrogen) atoms. The van der Waals surface area contributed by atoms with Gasteiger partial charge in [0.15, 0.2) is 0 Å². The Bertz CT molecular complexity index is 1440. The lowest BCUT2D eigenvalue weighted by Gasteiger charge is -2.33. The van der Waals surface area contributed by atoms with Crippen LogP contribution in [0.5, 0.6) is 0 Å². The van der Waals surface area contributed by atoms with Crippen LogP contribution >= 0.6 is 0 Å². The van der Waals surface area contributed by atoms with Crippen LogP contribution in [-0.2, 0) is 11.2 Å². The second kappa shape index (κ2) is 10.4. The molecule has 0 saturated heterocycles. The Labute approximate surface area is 227 Å². The van der Waals surface area contributed by atoms with Gasteiger partial charge >= 0.3 is 24.7 Å². The predicted octanol–water partition coefficient (Wildman–Crippen LogP) is 7.47. The number of rotatable bonds is 2. The molecule has 0 spiro atoms. The maximum Gasteiger partial charge on any atom is 0.430 e. The minimum Gasteiger partial charge on any atom is -0.398 e. The first-order chi connectivity index (χ1) is 19.0. The van der Waals surface area contributed by atoms with Gasteiger partial charge in [-0.2, -0.15) is 52.7 Å². The van der Waals surface area contributed by atoms with E-state index in [0.717, 1.165) is 12.1 Å². The third-order valence-electron chi connectivity index (χ3n) is 6.36. The van der Waals surface area contributed by atoms with Crippen molar-refractivity contribution >= 4 is 32.9 Å². The molecule has 4 rings (SSSR count). The van der Waals surface area contributed by atoms with Gasteiger partial charge in [-0.3, -0.25) is 0 Å². The molecule has 0 aliphatic heterocycles. The van der Waals surface area contributed by atoms with Crippen LogP contribution in [-0.4, -0.2) is 34.9 Å². The fourth-order valence-electron chi connectivity index (χ4n) is 4.15. The molecule has 4 nitrogen and oxygen atoms in total. The Morgan fingerprint density at radius 2 is 0.667 bits per heavy atom. The zero-order valence-electron chi connectivity index (χ0n) is 20.5. The van der Waals surface area contributed by atoms with Crippen molar-refractivity contribution in [1.29, 1.82) is 0 Å². The first-order valence-electron chi connectivity index (χ1n) is 11.3. The summed E-state index contributed by atoms with van der Waals surface area (Å²) in [7, 11) is 0. The van der Waals surface area contributed by atoms with Gasteiger partial charge in [-0.05, 0) is 10.8 Å². The predicted molar refractivity (Wildman–Crippen MR) is 129 cm³/mol. The number of benzene rings is 4. The van der Waals surface area contributed by atoms with Gasteiger partial charge < -0.3 is 21.7 Å². The lowest BCUT2D eigenvalue weighted by Crippen LogP contribution is -2.54. The molecule has 0 saturated carbocycles. The molecule has 0 atom stereocenters. The molecule has 0 bridgehead atoms. The number of nitrogen functional groups attached to an aromatic ring is 2.